The molecule has 0 spiro atoms. The van der Waals surface area contributed by atoms with Gasteiger partial charge in [-0.3, -0.25) is 4.79 Å². The Kier molecular flexibility index (Phi) is 3.43. The maximum Gasteiger partial charge on any atom is 0.264 e. The first-order valence-electron chi connectivity index (χ1n) is 4.31. The molecule has 3 N–H and O–H groups in total. The number of benzene rings is 1. The number of rotatable bonds is 3. The SMILES string of the molecule is C[C@H](N)C(=O)NS(=O)(=O)c1ccccc1. The van der Waals surface area contributed by atoms with E-state index in [1.54, 1.807) is 18.2 Å². The Labute approximate surface area is 88.3 Å². The fourth-order valence-corrected chi connectivity index (χ4v) is 1.97. The van der Waals surface area contributed by atoms with Crippen molar-refractivity contribution in [3.8, 4) is 0 Å². The van der Waals surface area contributed by atoms with Gasteiger partial charge in [-0.25, -0.2) is 13.1 Å². The Bertz CT molecular complexity index is 440. The third-order valence-corrected chi connectivity index (χ3v) is 3.06. The largest absolute Gasteiger partial charge is 0.320 e. The molecule has 1 atom stereocenters. The van der Waals surface area contributed by atoms with Crippen LogP contribution in [0.4, 0.5) is 0 Å². The normalized spacial score (nSPS) is 13.2. The Morgan fingerprint density at radius 3 is 2.33 bits per heavy atom. The summed E-state index contributed by atoms with van der Waals surface area (Å²) in [6, 6.07) is 6.78. The van der Waals surface area contributed by atoms with Gasteiger partial charge in [0.05, 0.1) is 10.9 Å². The van der Waals surface area contributed by atoms with Gasteiger partial charge in [0.15, 0.2) is 0 Å². The molecule has 0 aromatic heterocycles. The van der Waals surface area contributed by atoms with Crippen molar-refractivity contribution in [2.45, 2.75) is 17.9 Å². The van der Waals surface area contributed by atoms with Crippen LogP contribution >= 0.6 is 0 Å². The van der Waals surface area contributed by atoms with Gasteiger partial charge >= 0.3 is 0 Å². The van der Waals surface area contributed by atoms with Crippen molar-refractivity contribution in [3.63, 3.8) is 0 Å². The maximum atomic E-state index is 11.6. The highest BCUT2D eigenvalue weighted by Crippen LogP contribution is 2.06. The number of sulfonamides is 1. The molecule has 0 unspecified atom stereocenters. The minimum atomic E-state index is -3.78. The lowest BCUT2D eigenvalue weighted by Crippen LogP contribution is -2.41. The van der Waals surface area contributed by atoms with Crippen LogP contribution in [0.1, 0.15) is 6.92 Å². The summed E-state index contributed by atoms with van der Waals surface area (Å²) in [5, 5.41) is 0. The topological polar surface area (TPSA) is 89.3 Å². The van der Waals surface area contributed by atoms with E-state index in [1.165, 1.54) is 19.1 Å². The van der Waals surface area contributed by atoms with E-state index < -0.39 is 22.0 Å². The van der Waals surface area contributed by atoms with Crippen LogP contribution in [0.5, 0.6) is 0 Å². The van der Waals surface area contributed by atoms with Gasteiger partial charge in [0.2, 0.25) is 5.91 Å². The molecule has 0 radical (unpaired) electrons. The summed E-state index contributed by atoms with van der Waals surface area (Å²) in [5.41, 5.74) is 5.24. The molecule has 1 amide bonds. The Morgan fingerprint density at radius 2 is 1.87 bits per heavy atom. The quantitative estimate of drug-likeness (QED) is 0.752. The highest BCUT2D eigenvalue weighted by Gasteiger charge is 2.18. The molecule has 6 heteroatoms. The molecule has 15 heavy (non-hydrogen) atoms. The van der Waals surface area contributed by atoms with Crippen molar-refractivity contribution in [1.82, 2.24) is 4.72 Å². The first kappa shape index (κ1) is 11.7. The lowest BCUT2D eigenvalue weighted by atomic mass is 10.4. The molecule has 0 fully saturated rings. The van der Waals surface area contributed by atoms with Gasteiger partial charge in [-0.2, -0.15) is 0 Å². The molecule has 5 nitrogen and oxygen atoms in total. The zero-order chi connectivity index (χ0) is 11.5. The number of hydrogen-bond donors (Lipinski definition) is 2. The van der Waals surface area contributed by atoms with Crippen LogP contribution in [0.25, 0.3) is 0 Å². The molecular weight excluding hydrogens is 216 g/mol. The molecule has 0 aliphatic heterocycles. The molecule has 1 aromatic carbocycles. The first-order valence-corrected chi connectivity index (χ1v) is 5.79. The number of nitrogens with one attached hydrogen (secondary N) is 1. The van der Waals surface area contributed by atoms with E-state index in [0.29, 0.717) is 0 Å². The molecule has 0 bridgehead atoms. The Hall–Kier alpha value is -1.40. The molecule has 0 saturated heterocycles. The predicted octanol–water partition coefficient (Wildman–Crippen LogP) is -0.161. The summed E-state index contributed by atoms with van der Waals surface area (Å²) in [7, 11) is -3.78. The average Bonchev–Trinajstić information content (AvgIpc) is 2.18. The van der Waals surface area contributed by atoms with Gasteiger partial charge in [-0.1, -0.05) is 18.2 Å². The molecular formula is C9H12N2O3S. The van der Waals surface area contributed by atoms with E-state index in [4.69, 9.17) is 5.73 Å². The lowest BCUT2D eigenvalue weighted by Gasteiger charge is -2.08. The standard InChI is InChI=1S/C9H12N2O3S/c1-7(10)9(12)11-15(13,14)8-5-3-2-4-6-8/h2-7H,10H2,1H3,(H,11,12)/t7-/m0/s1. The van der Waals surface area contributed by atoms with Crippen molar-refractivity contribution < 1.29 is 13.2 Å². The van der Waals surface area contributed by atoms with Gasteiger partial charge in [0.1, 0.15) is 0 Å². The fourth-order valence-electron chi connectivity index (χ4n) is 0.884. The van der Waals surface area contributed by atoms with Crippen molar-refractivity contribution in [1.29, 1.82) is 0 Å². The van der Waals surface area contributed by atoms with Crippen molar-refractivity contribution >= 4 is 15.9 Å². The highest BCUT2D eigenvalue weighted by atomic mass is 32.2. The number of carbonyl (C=O) groups excluding carboxylic acids is 1. The summed E-state index contributed by atoms with van der Waals surface area (Å²) < 4.78 is 25.0. The van der Waals surface area contributed by atoms with Crippen molar-refractivity contribution in [2.75, 3.05) is 0 Å². The number of nitrogens with two attached hydrogens (primary N) is 1. The number of carbonyl (C=O) groups is 1. The van der Waals surface area contributed by atoms with Gasteiger partial charge in [-0.05, 0) is 19.1 Å². The molecule has 0 aliphatic rings. The van der Waals surface area contributed by atoms with Crippen LogP contribution in [-0.4, -0.2) is 20.4 Å². The third kappa shape index (κ3) is 3.03. The number of hydrogen-bond acceptors (Lipinski definition) is 4. The zero-order valence-electron chi connectivity index (χ0n) is 8.17. The van der Waals surface area contributed by atoms with E-state index in [0.717, 1.165) is 0 Å². The molecule has 0 heterocycles. The molecule has 0 aliphatic carbocycles. The summed E-state index contributed by atoms with van der Waals surface area (Å²) in [4.78, 5) is 11.2. The van der Waals surface area contributed by atoms with E-state index in [-0.39, 0.29) is 4.90 Å². The molecule has 82 valence electrons. The zero-order valence-corrected chi connectivity index (χ0v) is 8.99. The number of amides is 1. The Balaban J connectivity index is 2.91. The molecule has 1 aromatic rings. The predicted molar refractivity (Wildman–Crippen MR) is 55.4 cm³/mol. The minimum absolute atomic E-state index is 0.0407. The van der Waals surface area contributed by atoms with Crippen molar-refractivity contribution in [2.24, 2.45) is 5.73 Å². The van der Waals surface area contributed by atoms with Crippen LogP contribution < -0.4 is 10.5 Å². The van der Waals surface area contributed by atoms with Gasteiger partial charge < -0.3 is 5.73 Å². The van der Waals surface area contributed by atoms with E-state index in [2.05, 4.69) is 0 Å². The van der Waals surface area contributed by atoms with Crippen LogP contribution in [0.2, 0.25) is 0 Å². The Morgan fingerprint density at radius 1 is 1.33 bits per heavy atom. The average molecular weight is 228 g/mol. The van der Waals surface area contributed by atoms with Crippen molar-refractivity contribution in [3.05, 3.63) is 30.3 Å². The monoisotopic (exact) mass is 228 g/mol. The maximum absolute atomic E-state index is 11.6. The van der Waals surface area contributed by atoms with Crippen LogP contribution in [0.15, 0.2) is 35.2 Å². The second-order valence-electron chi connectivity index (χ2n) is 3.07. The summed E-state index contributed by atoms with van der Waals surface area (Å²) in [5.74, 6) is -0.723. The third-order valence-electron chi connectivity index (χ3n) is 1.70. The van der Waals surface area contributed by atoms with Crippen LogP contribution in [0, 0.1) is 0 Å². The van der Waals surface area contributed by atoms with E-state index in [1.807, 2.05) is 4.72 Å². The van der Waals surface area contributed by atoms with Gasteiger partial charge in [-0.15, -0.1) is 0 Å². The van der Waals surface area contributed by atoms with Gasteiger partial charge in [0.25, 0.3) is 10.0 Å². The first-order chi connectivity index (χ1) is 6.93. The summed E-state index contributed by atoms with van der Waals surface area (Å²) in [6.45, 7) is 1.41. The fraction of sp³-hybridized carbons (Fsp3) is 0.222. The highest BCUT2D eigenvalue weighted by molar-refractivity contribution is 7.90. The summed E-state index contributed by atoms with van der Waals surface area (Å²) in [6.07, 6.45) is 0. The second-order valence-corrected chi connectivity index (χ2v) is 4.75. The summed E-state index contributed by atoms with van der Waals surface area (Å²) >= 11 is 0. The smallest absolute Gasteiger partial charge is 0.264 e. The lowest BCUT2D eigenvalue weighted by molar-refractivity contribution is -0.120. The van der Waals surface area contributed by atoms with Gasteiger partial charge in [0, 0.05) is 0 Å². The minimum Gasteiger partial charge on any atom is -0.320 e. The molecule has 1 rings (SSSR count). The molecule has 0 saturated carbocycles. The van der Waals surface area contributed by atoms with Crippen LogP contribution in [-0.2, 0) is 14.8 Å². The van der Waals surface area contributed by atoms with E-state index >= 15 is 0 Å². The second kappa shape index (κ2) is 4.41. The van der Waals surface area contributed by atoms with Crippen LogP contribution in [0.3, 0.4) is 0 Å². The van der Waals surface area contributed by atoms with E-state index in [9.17, 15) is 13.2 Å².